The molecule has 0 atom stereocenters. The van der Waals surface area contributed by atoms with E-state index in [1.54, 1.807) is 0 Å². The first-order valence-electron chi connectivity index (χ1n) is 6.07. The quantitative estimate of drug-likeness (QED) is 0.305. The largest absolute Gasteiger partial charge is 0.376 e. The number of hydrogen-bond acceptors (Lipinski definition) is 3. The Morgan fingerprint density at radius 1 is 1.00 bits per heavy atom. The van der Waals surface area contributed by atoms with Gasteiger partial charge in [-0.1, -0.05) is 32.6 Å². The van der Waals surface area contributed by atoms with E-state index in [4.69, 9.17) is 19.6 Å². The Labute approximate surface area is 111 Å². The van der Waals surface area contributed by atoms with Crippen LogP contribution in [0.25, 0.3) is 0 Å². The lowest BCUT2D eigenvalue weighted by Crippen LogP contribution is -2.36. The van der Waals surface area contributed by atoms with Crippen molar-refractivity contribution >= 4 is 15.2 Å². The molecule has 0 saturated carbocycles. The minimum absolute atomic E-state index is 0.245. The van der Waals surface area contributed by atoms with E-state index in [-0.39, 0.29) is 6.54 Å². The van der Waals surface area contributed by atoms with Crippen molar-refractivity contribution in [2.45, 2.75) is 44.2 Å². The fourth-order valence-corrected chi connectivity index (χ4v) is 3.47. The lowest BCUT2D eigenvalue weighted by atomic mass is 10.1. The zero-order chi connectivity index (χ0) is 15.2. The van der Waals surface area contributed by atoms with Gasteiger partial charge in [0.1, 0.15) is 0 Å². The van der Waals surface area contributed by atoms with Crippen molar-refractivity contribution in [3.63, 3.8) is 0 Å². The minimum Gasteiger partial charge on any atom is -0.322 e. The molecule has 0 aromatic carbocycles. The second kappa shape index (κ2) is 7.84. The van der Waals surface area contributed by atoms with Crippen LogP contribution in [0.4, 0.5) is 4.39 Å². The van der Waals surface area contributed by atoms with Crippen LogP contribution in [-0.4, -0.2) is 37.8 Å². The first-order chi connectivity index (χ1) is 8.56. The Kier molecular flexibility index (Phi) is 7.91. The highest BCUT2D eigenvalue weighted by molar-refractivity contribution is 7.72. The number of rotatable bonds is 10. The van der Waals surface area contributed by atoms with Crippen LogP contribution in [-0.2, 0) is 9.13 Å². The highest BCUT2D eigenvalue weighted by Gasteiger charge is 2.61. The van der Waals surface area contributed by atoms with Gasteiger partial charge in [-0.3, -0.25) is 9.13 Å². The summed E-state index contributed by atoms with van der Waals surface area (Å²) < 4.78 is 35.6. The standard InChI is InChI=1S/C9H22FNO6P2/c1-2-3-4-5-6-7-11-8-9(10,18(12,13)14)19(15,16)17/h11H,2-8H2,1H3,(H2,12,13,14)(H2,15,16,17). The molecule has 0 amide bonds. The summed E-state index contributed by atoms with van der Waals surface area (Å²) in [5, 5.41) is -1.50. The van der Waals surface area contributed by atoms with Gasteiger partial charge >= 0.3 is 20.3 Å². The molecule has 0 spiro atoms. The second-order valence-corrected chi connectivity index (χ2v) is 8.34. The molecule has 0 heterocycles. The summed E-state index contributed by atoms with van der Waals surface area (Å²) in [4.78, 5) is 35.0. The van der Waals surface area contributed by atoms with Gasteiger partial charge in [-0.05, 0) is 13.0 Å². The second-order valence-electron chi connectivity index (χ2n) is 4.40. The third-order valence-corrected chi connectivity index (χ3v) is 6.36. The fourth-order valence-electron chi connectivity index (χ4n) is 1.48. The molecule has 116 valence electrons. The molecular formula is C9H22FNO6P2. The molecule has 0 aromatic rings. The van der Waals surface area contributed by atoms with E-state index in [9.17, 15) is 13.5 Å². The van der Waals surface area contributed by atoms with Gasteiger partial charge in [0.15, 0.2) is 0 Å². The molecule has 0 bridgehead atoms. The van der Waals surface area contributed by atoms with Gasteiger partial charge in [0.2, 0.25) is 0 Å². The average Bonchev–Trinajstić information content (AvgIpc) is 2.24. The van der Waals surface area contributed by atoms with E-state index < -0.39 is 26.9 Å². The molecule has 19 heavy (non-hydrogen) atoms. The van der Waals surface area contributed by atoms with Gasteiger partial charge in [-0.25, -0.2) is 4.39 Å². The Balaban J connectivity index is 4.26. The summed E-state index contributed by atoms with van der Waals surface area (Å²) in [7, 11) is -11.1. The van der Waals surface area contributed by atoms with Crippen LogP contribution in [0.1, 0.15) is 39.0 Å². The van der Waals surface area contributed by atoms with Crippen LogP contribution >= 0.6 is 15.2 Å². The average molecular weight is 321 g/mol. The van der Waals surface area contributed by atoms with Crippen LogP contribution in [0, 0.1) is 0 Å². The highest BCUT2D eigenvalue weighted by atomic mass is 31.2. The number of nitrogens with one attached hydrogen (secondary N) is 1. The van der Waals surface area contributed by atoms with Crippen molar-refractivity contribution in [3.8, 4) is 0 Å². The Morgan fingerprint density at radius 2 is 1.47 bits per heavy atom. The van der Waals surface area contributed by atoms with E-state index >= 15 is 0 Å². The topological polar surface area (TPSA) is 127 Å². The maximum absolute atomic E-state index is 13.8. The van der Waals surface area contributed by atoms with Crippen molar-refractivity contribution in [3.05, 3.63) is 0 Å². The van der Waals surface area contributed by atoms with E-state index in [2.05, 4.69) is 12.2 Å². The maximum Gasteiger partial charge on any atom is 0.376 e. The van der Waals surface area contributed by atoms with E-state index in [0.29, 0.717) is 6.42 Å². The molecule has 0 fully saturated rings. The highest BCUT2D eigenvalue weighted by Crippen LogP contribution is 2.69. The molecule has 0 saturated heterocycles. The van der Waals surface area contributed by atoms with Gasteiger partial charge in [0.05, 0.1) is 6.54 Å². The molecule has 0 aliphatic carbocycles. The van der Waals surface area contributed by atoms with Crippen LogP contribution in [0.3, 0.4) is 0 Å². The van der Waals surface area contributed by atoms with Gasteiger partial charge in [0.25, 0.3) is 0 Å². The Hall–Kier alpha value is 0.190. The van der Waals surface area contributed by atoms with Crippen molar-refractivity contribution in [2.24, 2.45) is 0 Å². The predicted octanol–water partition coefficient (Wildman–Crippen LogP) is 1.53. The SMILES string of the molecule is CCCCCCCNCC(F)(P(=O)(O)O)P(=O)(O)O. The first kappa shape index (κ1) is 19.2. The van der Waals surface area contributed by atoms with Gasteiger partial charge in [0, 0.05) is 0 Å². The number of unbranched alkanes of at least 4 members (excludes halogenated alkanes) is 4. The van der Waals surface area contributed by atoms with Crippen LogP contribution in [0.15, 0.2) is 0 Å². The van der Waals surface area contributed by atoms with Gasteiger partial charge in [-0.2, -0.15) is 0 Å². The third-order valence-electron chi connectivity index (χ3n) is 2.70. The molecule has 0 radical (unpaired) electrons. The van der Waals surface area contributed by atoms with Crippen LogP contribution < -0.4 is 5.32 Å². The Bertz CT molecular complexity index is 333. The zero-order valence-corrected chi connectivity index (χ0v) is 12.6. The summed E-state index contributed by atoms with van der Waals surface area (Å²) in [6, 6.07) is 0. The van der Waals surface area contributed by atoms with Crippen molar-refractivity contribution in [1.29, 1.82) is 0 Å². The van der Waals surface area contributed by atoms with E-state index in [1.165, 1.54) is 0 Å². The molecule has 10 heteroatoms. The van der Waals surface area contributed by atoms with Crippen molar-refractivity contribution in [1.82, 2.24) is 5.32 Å². The molecule has 0 aliphatic heterocycles. The number of alkyl halides is 1. The Morgan fingerprint density at radius 3 is 1.89 bits per heavy atom. The lowest BCUT2D eigenvalue weighted by molar-refractivity contribution is 0.218. The van der Waals surface area contributed by atoms with E-state index in [1.807, 2.05) is 0 Å². The molecular weight excluding hydrogens is 299 g/mol. The van der Waals surface area contributed by atoms with Crippen molar-refractivity contribution < 1.29 is 33.1 Å². The first-order valence-corrected chi connectivity index (χ1v) is 9.29. The zero-order valence-electron chi connectivity index (χ0n) is 10.8. The predicted molar refractivity (Wildman–Crippen MR) is 69.6 cm³/mol. The normalized spacial score (nSPS) is 13.8. The minimum atomic E-state index is -5.57. The van der Waals surface area contributed by atoms with Crippen molar-refractivity contribution in [2.75, 3.05) is 13.1 Å². The van der Waals surface area contributed by atoms with Gasteiger partial charge < -0.3 is 24.9 Å². The molecule has 0 aliphatic rings. The van der Waals surface area contributed by atoms with Crippen LogP contribution in [0.2, 0.25) is 0 Å². The molecule has 7 nitrogen and oxygen atoms in total. The molecule has 0 aromatic heterocycles. The number of hydrogen-bond donors (Lipinski definition) is 5. The maximum atomic E-state index is 13.8. The molecule has 0 rings (SSSR count). The number of halogens is 1. The summed E-state index contributed by atoms with van der Waals surface area (Å²) >= 11 is 0. The lowest BCUT2D eigenvalue weighted by Gasteiger charge is -2.26. The summed E-state index contributed by atoms with van der Waals surface area (Å²) in [6.45, 7) is 1.22. The third kappa shape index (κ3) is 6.00. The monoisotopic (exact) mass is 321 g/mol. The molecule has 0 unspecified atom stereocenters. The van der Waals surface area contributed by atoms with Crippen LogP contribution in [0.5, 0.6) is 0 Å². The van der Waals surface area contributed by atoms with Gasteiger partial charge in [-0.15, -0.1) is 0 Å². The van der Waals surface area contributed by atoms with E-state index in [0.717, 1.165) is 25.7 Å². The summed E-state index contributed by atoms with van der Waals surface area (Å²) in [6.07, 6.45) is 4.65. The summed E-state index contributed by atoms with van der Waals surface area (Å²) in [5.41, 5.74) is 0. The fraction of sp³-hybridized carbons (Fsp3) is 1.00. The summed E-state index contributed by atoms with van der Waals surface area (Å²) in [5.74, 6) is 0. The smallest absolute Gasteiger partial charge is 0.322 e. The molecule has 5 N–H and O–H groups in total.